The van der Waals surface area contributed by atoms with E-state index < -0.39 is 0 Å². The van der Waals surface area contributed by atoms with Crippen molar-refractivity contribution in [2.75, 3.05) is 13.1 Å². The maximum absolute atomic E-state index is 6.07. The lowest BCUT2D eigenvalue weighted by Crippen LogP contribution is -2.36. The van der Waals surface area contributed by atoms with Crippen LogP contribution in [0.1, 0.15) is 49.6 Å². The molecule has 0 bridgehead atoms. The zero-order chi connectivity index (χ0) is 13.1. The summed E-state index contributed by atoms with van der Waals surface area (Å²) in [6.07, 6.45) is 4.00. The molecule has 2 N–H and O–H groups in total. The van der Waals surface area contributed by atoms with Gasteiger partial charge in [-0.3, -0.25) is 4.90 Å². The molecule has 1 aliphatic rings. The van der Waals surface area contributed by atoms with E-state index >= 15 is 0 Å². The van der Waals surface area contributed by atoms with Crippen molar-refractivity contribution in [1.29, 1.82) is 0 Å². The molecule has 102 valence electrons. The molecule has 1 aromatic rings. The number of rotatable bonds is 7. The van der Waals surface area contributed by atoms with Crippen molar-refractivity contribution in [2.24, 2.45) is 11.7 Å². The molecule has 1 atom stereocenters. The van der Waals surface area contributed by atoms with Crippen LogP contribution in [0.4, 0.5) is 0 Å². The zero-order valence-electron chi connectivity index (χ0n) is 11.9. The highest BCUT2D eigenvalue weighted by Gasteiger charge is 2.34. The van der Waals surface area contributed by atoms with Gasteiger partial charge in [0.25, 0.3) is 0 Å². The third kappa shape index (κ3) is 3.34. The third-order valence-corrected chi connectivity index (χ3v) is 4.93. The van der Waals surface area contributed by atoms with E-state index in [9.17, 15) is 0 Å². The van der Waals surface area contributed by atoms with Gasteiger partial charge in [-0.1, -0.05) is 13.8 Å². The first-order chi connectivity index (χ1) is 8.63. The summed E-state index contributed by atoms with van der Waals surface area (Å²) in [7, 11) is 0. The summed E-state index contributed by atoms with van der Waals surface area (Å²) in [5, 5.41) is 2.20. The van der Waals surface area contributed by atoms with Gasteiger partial charge in [-0.25, -0.2) is 0 Å². The van der Waals surface area contributed by atoms with E-state index in [4.69, 9.17) is 5.73 Å². The molecule has 1 aliphatic carbocycles. The Kier molecular flexibility index (Phi) is 4.82. The predicted molar refractivity (Wildman–Crippen MR) is 80.0 cm³/mol. The molecule has 3 heteroatoms. The highest BCUT2D eigenvalue weighted by molar-refractivity contribution is 7.10. The number of thiophene rings is 1. The van der Waals surface area contributed by atoms with E-state index in [0.29, 0.717) is 6.04 Å². The Morgan fingerprint density at radius 1 is 1.44 bits per heavy atom. The van der Waals surface area contributed by atoms with Crippen molar-refractivity contribution >= 4 is 11.3 Å². The molecular weight excluding hydrogens is 240 g/mol. The van der Waals surface area contributed by atoms with Gasteiger partial charge in [-0.05, 0) is 55.7 Å². The molecule has 0 saturated heterocycles. The standard InChI is InChI=1S/C15H26N2S/c1-11(2)6-8-17(13-4-5-13)14(10-16)15-12(3)7-9-18-15/h7,9,11,13-14H,4-6,8,10,16H2,1-3H3. The molecule has 0 amide bonds. The van der Waals surface area contributed by atoms with E-state index in [1.807, 2.05) is 11.3 Å². The van der Waals surface area contributed by atoms with Crippen molar-refractivity contribution in [3.05, 3.63) is 21.9 Å². The normalized spacial score (nSPS) is 17.7. The second-order valence-corrected chi connectivity index (χ2v) is 6.82. The van der Waals surface area contributed by atoms with E-state index in [1.54, 1.807) is 0 Å². The molecule has 1 saturated carbocycles. The van der Waals surface area contributed by atoms with Gasteiger partial charge in [0.05, 0.1) is 6.04 Å². The molecule has 1 aromatic heterocycles. The third-order valence-electron chi connectivity index (χ3n) is 3.81. The first-order valence-corrected chi connectivity index (χ1v) is 8.01. The topological polar surface area (TPSA) is 29.3 Å². The lowest BCUT2D eigenvalue weighted by atomic mass is 10.1. The zero-order valence-corrected chi connectivity index (χ0v) is 12.7. The monoisotopic (exact) mass is 266 g/mol. The van der Waals surface area contributed by atoms with E-state index in [2.05, 4.69) is 37.1 Å². The van der Waals surface area contributed by atoms with Gasteiger partial charge in [0.1, 0.15) is 0 Å². The summed E-state index contributed by atoms with van der Waals surface area (Å²) in [5.74, 6) is 0.772. The van der Waals surface area contributed by atoms with Crippen molar-refractivity contribution in [3.8, 4) is 0 Å². The SMILES string of the molecule is Cc1ccsc1C(CN)N(CCC(C)C)C1CC1. The van der Waals surface area contributed by atoms with Crippen LogP contribution in [0.2, 0.25) is 0 Å². The van der Waals surface area contributed by atoms with Gasteiger partial charge in [0.2, 0.25) is 0 Å². The van der Waals surface area contributed by atoms with E-state index in [1.165, 1.54) is 36.2 Å². The summed E-state index contributed by atoms with van der Waals surface area (Å²) in [4.78, 5) is 4.15. The van der Waals surface area contributed by atoms with Crippen LogP contribution < -0.4 is 5.73 Å². The van der Waals surface area contributed by atoms with E-state index in [0.717, 1.165) is 18.5 Å². The quantitative estimate of drug-likeness (QED) is 0.817. The van der Waals surface area contributed by atoms with Gasteiger partial charge >= 0.3 is 0 Å². The molecule has 1 unspecified atom stereocenters. The summed E-state index contributed by atoms with van der Waals surface area (Å²) in [5.41, 5.74) is 7.48. The Bertz CT molecular complexity index is 368. The number of aryl methyl sites for hydroxylation is 1. The predicted octanol–water partition coefficient (Wildman–Crippen LogP) is 3.57. The molecule has 0 spiro atoms. The van der Waals surface area contributed by atoms with Crippen LogP contribution in [0.25, 0.3) is 0 Å². The van der Waals surface area contributed by atoms with Gasteiger partial charge < -0.3 is 5.73 Å². The van der Waals surface area contributed by atoms with Crippen LogP contribution in [-0.4, -0.2) is 24.0 Å². The molecule has 2 rings (SSSR count). The highest BCUT2D eigenvalue weighted by atomic mass is 32.1. The Morgan fingerprint density at radius 3 is 2.61 bits per heavy atom. The van der Waals surface area contributed by atoms with Gasteiger partial charge in [0.15, 0.2) is 0 Å². The molecule has 1 fully saturated rings. The van der Waals surface area contributed by atoms with Crippen LogP contribution in [-0.2, 0) is 0 Å². The fraction of sp³-hybridized carbons (Fsp3) is 0.733. The molecule has 18 heavy (non-hydrogen) atoms. The lowest BCUT2D eigenvalue weighted by Gasteiger charge is -2.31. The Balaban J connectivity index is 2.09. The first kappa shape index (κ1) is 14.0. The van der Waals surface area contributed by atoms with Gasteiger partial charge in [-0.2, -0.15) is 0 Å². The summed E-state index contributed by atoms with van der Waals surface area (Å²) < 4.78 is 0. The Labute approximate surface area is 115 Å². The minimum absolute atomic E-state index is 0.441. The number of hydrogen-bond donors (Lipinski definition) is 1. The van der Waals surface area contributed by atoms with Gasteiger partial charge in [-0.15, -0.1) is 11.3 Å². The molecular formula is C15H26N2S. The highest BCUT2D eigenvalue weighted by Crippen LogP contribution is 2.37. The van der Waals surface area contributed by atoms with Crippen LogP contribution in [0.3, 0.4) is 0 Å². The maximum Gasteiger partial charge on any atom is 0.0569 e. The minimum atomic E-state index is 0.441. The summed E-state index contributed by atoms with van der Waals surface area (Å²) >= 11 is 1.87. The maximum atomic E-state index is 6.07. The average molecular weight is 266 g/mol. The smallest absolute Gasteiger partial charge is 0.0569 e. The Morgan fingerprint density at radius 2 is 2.17 bits per heavy atom. The van der Waals surface area contributed by atoms with Crippen molar-refractivity contribution in [3.63, 3.8) is 0 Å². The largest absolute Gasteiger partial charge is 0.329 e. The minimum Gasteiger partial charge on any atom is -0.329 e. The van der Waals surface area contributed by atoms with Crippen molar-refractivity contribution in [1.82, 2.24) is 4.90 Å². The number of nitrogens with zero attached hydrogens (tertiary/aromatic N) is 1. The lowest BCUT2D eigenvalue weighted by molar-refractivity contribution is 0.183. The molecule has 0 radical (unpaired) electrons. The average Bonchev–Trinajstić information content (AvgIpc) is 3.08. The van der Waals surface area contributed by atoms with Crippen molar-refractivity contribution < 1.29 is 0 Å². The molecule has 2 nitrogen and oxygen atoms in total. The summed E-state index contributed by atoms with van der Waals surface area (Å²) in [6, 6.07) is 3.45. The van der Waals surface area contributed by atoms with Crippen LogP contribution >= 0.6 is 11.3 Å². The van der Waals surface area contributed by atoms with Gasteiger partial charge in [0, 0.05) is 17.5 Å². The Hall–Kier alpha value is -0.380. The van der Waals surface area contributed by atoms with Crippen LogP contribution in [0.15, 0.2) is 11.4 Å². The number of nitrogens with two attached hydrogens (primary N) is 1. The second-order valence-electron chi connectivity index (χ2n) is 5.87. The second kappa shape index (κ2) is 6.18. The number of hydrogen-bond acceptors (Lipinski definition) is 3. The van der Waals surface area contributed by atoms with E-state index in [-0.39, 0.29) is 0 Å². The summed E-state index contributed by atoms with van der Waals surface area (Å²) in [6.45, 7) is 8.76. The van der Waals surface area contributed by atoms with Crippen LogP contribution in [0.5, 0.6) is 0 Å². The van der Waals surface area contributed by atoms with Crippen LogP contribution in [0, 0.1) is 12.8 Å². The van der Waals surface area contributed by atoms with Crippen molar-refractivity contribution in [2.45, 2.75) is 52.1 Å². The fourth-order valence-corrected chi connectivity index (χ4v) is 3.59. The molecule has 0 aliphatic heterocycles. The fourth-order valence-electron chi connectivity index (χ4n) is 2.53. The first-order valence-electron chi connectivity index (χ1n) is 7.13. The molecule has 1 heterocycles. The molecule has 0 aromatic carbocycles.